The molecule has 3 aromatic rings. The molecule has 0 aliphatic heterocycles. The van der Waals surface area contributed by atoms with E-state index in [9.17, 15) is 14.0 Å². The van der Waals surface area contributed by atoms with Gasteiger partial charge in [0.2, 0.25) is 0 Å². The molecule has 2 aromatic carbocycles. The lowest BCUT2D eigenvalue weighted by molar-refractivity contribution is -0.136. The van der Waals surface area contributed by atoms with Crippen LogP contribution in [0.5, 0.6) is 5.75 Å². The average Bonchev–Trinajstić information content (AvgIpc) is 3.14. The Hall–Kier alpha value is -3.39. The number of halogens is 1. The van der Waals surface area contributed by atoms with Crippen LogP contribution in [0.2, 0.25) is 0 Å². The maximum Gasteiger partial charge on any atom is 0.313 e. The molecule has 31 heavy (non-hydrogen) atoms. The zero-order valence-electron chi connectivity index (χ0n) is 17.7. The van der Waals surface area contributed by atoms with Gasteiger partial charge >= 0.3 is 11.8 Å². The summed E-state index contributed by atoms with van der Waals surface area (Å²) in [6, 6.07) is 11.4. The van der Waals surface area contributed by atoms with Gasteiger partial charge in [-0.3, -0.25) is 9.59 Å². The van der Waals surface area contributed by atoms with Gasteiger partial charge in [-0.1, -0.05) is 0 Å². The zero-order valence-corrected chi connectivity index (χ0v) is 17.7. The Morgan fingerprint density at radius 3 is 2.61 bits per heavy atom. The molecule has 3 rings (SSSR count). The number of ether oxygens (including phenoxy) is 1. The normalized spacial score (nSPS) is 11.0. The molecule has 0 spiro atoms. The van der Waals surface area contributed by atoms with Crippen molar-refractivity contribution >= 4 is 28.4 Å². The predicted octanol–water partition coefficient (Wildman–Crippen LogP) is 2.93. The molecule has 8 heteroatoms. The minimum absolute atomic E-state index is 0.259. The molecule has 3 N–H and O–H groups in total. The Morgan fingerprint density at radius 2 is 1.87 bits per heavy atom. The van der Waals surface area contributed by atoms with E-state index in [1.54, 1.807) is 36.5 Å². The standard InChI is InChI=1S/C23H27FN4O3/c1-28(2)12-3-13-31-19-7-5-18(6-8-19)27-23(30)22(29)25-11-10-16-15-26-21-9-4-17(24)14-20(16)21/h4-9,14-15,26H,3,10-13H2,1-2H3,(H,25,29)(H,27,30). The summed E-state index contributed by atoms with van der Waals surface area (Å²) in [7, 11) is 4.02. The molecular formula is C23H27FN4O3. The lowest BCUT2D eigenvalue weighted by atomic mass is 10.1. The first-order valence-electron chi connectivity index (χ1n) is 10.1. The van der Waals surface area contributed by atoms with Crippen molar-refractivity contribution in [3.05, 3.63) is 60.0 Å². The molecule has 0 atom stereocenters. The van der Waals surface area contributed by atoms with Crippen LogP contribution in [0, 0.1) is 5.82 Å². The third kappa shape index (κ3) is 6.55. The first-order valence-corrected chi connectivity index (χ1v) is 10.1. The first-order chi connectivity index (χ1) is 14.9. The van der Waals surface area contributed by atoms with Gasteiger partial charge in [0.15, 0.2) is 0 Å². The minimum Gasteiger partial charge on any atom is -0.494 e. The summed E-state index contributed by atoms with van der Waals surface area (Å²) >= 11 is 0. The smallest absolute Gasteiger partial charge is 0.313 e. The average molecular weight is 426 g/mol. The van der Waals surface area contributed by atoms with Gasteiger partial charge in [0.25, 0.3) is 0 Å². The number of hydrogen-bond donors (Lipinski definition) is 3. The zero-order chi connectivity index (χ0) is 22.2. The highest BCUT2D eigenvalue weighted by atomic mass is 19.1. The number of aromatic amines is 1. The summed E-state index contributed by atoms with van der Waals surface area (Å²) in [5, 5.41) is 5.92. The second-order valence-corrected chi connectivity index (χ2v) is 7.49. The number of nitrogens with one attached hydrogen (secondary N) is 3. The van der Waals surface area contributed by atoms with Crippen LogP contribution in [-0.2, 0) is 16.0 Å². The van der Waals surface area contributed by atoms with E-state index in [0.29, 0.717) is 24.5 Å². The van der Waals surface area contributed by atoms with Gasteiger partial charge in [0.1, 0.15) is 11.6 Å². The molecule has 164 valence electrons. The molecule has 0 fully saturated rings. The fraction of sp³-hybridized carbons (Fsp3) is 0.304. The van der Waals surface area contributed by atoms with E-state index in [1.807, 2.05) is 14.1 Å². The topological polar surface area (TPSA) is 86.5 Å². The van der Waals surface area contributed by atoms with E-state index >= 15 is 0 Å². The van der Waals surface area contributed by atoms with E-state index in [-0.39, 0.29) is 12.4 Å². The molecule has 0 saturated carbocycles. The Labute approximate surface area is 180 Å². The third-order valence-corrected chi connectivity index (χ3v) is 4.75. The van der Waals surface area contributed by atoms with Crippen molar-refractivity contribution in [3.8, 4) is 5.75 Å². The van der Waals surface area contributed by atoms with Crippen molar-refractivity contribution in [3.63, 3.8) is 0 Å². The number of H-pyrrole nitrogens is 1. The van der Waals surface area contributed by atoms with Crippen LogP contribution >= 0.6 is 0 Å². The van der Waals surface area contributed by atoms with Crippen LogP contribution in [0.1, 0.15) is 12.0 Å². The van der Waals surface area contributed by atoms with Crippen LogP contribution in [0.3, 0.4) is 0 Å². The van der Waals surface area contributed by atoms with Gasteiger partial charge in [0.05, 0.1) is 6.61 Å². The summed E-state index contributed by atoms with van der Waals surface area (Å²) in [4.78, 5) is 29.3. The highest BCUT2D eigenvalue weighted by Crippen LogP contribution is 2.19. The lowest BCUT2D eigenvalue weighted by Gasteiger charge is -2.11. The van der Waals surface area contributed by atoms with Crippen LogP contribution in [0.4, 0.5) is 10.1 Å². The van der Waals surface area contributed by atoms with Crippen LogP contribution < -0.4 is 15.4 Å². The molecule has 0 aliphatic rings. The van der Waals surface area contributed by atoms with Crippen molar-refractivity contribution in [2.45, 2.75) is 12.8 Å². The molecule has 1 aromatic heterocycles. The summed E-state index contributed by atoms with van der Waals surface area (Å²) in [6.07, 6.45) is 3.17. The number of carbonyl (C=O) groups excluding carboxylic acids is 2. The molecule has 0 bridgehead atoms. The molecule has 0 aliphatic carbocycles. The summed E-state index contributed by atoms with van der Waals surface area (Å²) < 4.78 is 19.1. The van der Waals surface area contributed by atoms with Gasteiger partial charge in [-0.25, -0.2) is 4.39 Å². The number of fused-ring (bicyclic) bond motifs is 1. The molecule has 0 saturated heterocycles. The molecule has 0 unspecified atom stereocenters. The Kier molecular flexibility index (Phi) is 7.61. The fourth-order valence-electron chi connectivity index (χ4n) is 3.14. The van der Waals surface area contributed by atoms with E-state index < -0.39 is 11.8 Å². The SMILES string of the molecule is CN(C)CCCOc1ccc(NC(=O)C(=O)NCCc2c[nH]c3ccc(F)cc23)cc1. The summed E-state index contributed by atoms with van der Waals surface area (Å²) in [6.45, 7) is 1.81. The molecule has 1 heterocycles. The van der Waals surface area contributed by atoms with E-state index in [2.05, 4.69) is 20.5 Å². The van der Waals surface area contributed by atoms with E-state index in [0.717, 1.165) is 29.4 Å². The number of nitrogens with zero attached hydrogens (tertiary/aromatic N) is 1. The number of rotatable bonds is 9. The van der Waals surface area contributed by atoms with Crippen molar-refractivity contribution in [1.29, 1.82) is 0 Å². The third-order valence-electron chi connectivity index (χ3n) is 4.75. The minimum atomic E-state index is -0.746. The molecular weight excluding hydrogens is 399 g/mol. The highest BCUT2D eigenvalue weighted by Gasteiger charge is 2.14. The monoisotopic (exact) mass is 426 g/mol. The number of carbonyl (C=O) groups is 2. The van der Waals surface area contributed by atoms with E-state index in [4.69, 9.17) is 4.74 Å². The Bertz CT molecular complexity index is 1030. The van der Waals surface area contributed by atoms with Gasteiger partial charge in [-0.05, 0) is 75.0 Å². The predicted molar refractivity (Wildman–Crippen MR) is 119 cm³/mol. The van der Waals surface area contributed by atoms with Crippen molar-refractivity contribution in [1.82, 2.24) is 15.2 Å². The molecule has 7 nitrogen and oxygen atoms in total. The number of anilines is 1. The largest absolute Gasteiger partial charge is 0.494 e. The lowest BCUT2D eigenvalue weighted by Crippen LogP contribution is -2.36. The van der Waals surface area contributed by atoms with Crippen molar-refractivity contribution < 1.29 is 18.7 Å². The Balaban J connectivity index is 1.42. The summed E-state index contributed by atoms with van der Waals surface area (Å²) in [5.74, 6) is -1.09. The highest BCUT2D eigenvalue weighted by molar-refractivity contribution is 6.39. The summed E-state index contributed by atoms with van der Waals surface area (Å²) in [5.41, 5.74) is 2.20. The fourth-order valence-corrected chi connectivity index (χ4v) is 3.14. The van der Waals surface area contributed by atoms with Crippen LogP contribution in [0.25, 0.3) is 10.9 Å². The molecule has 2 amide bonds. The Morgan fingerprint density at radius 1 is 1.10 bits per heavy atom. The number of benzene rings is 2. The van der Waals surface area contributed by atoms with E-state index in [1.165, 1.54) is 12.1 Å². The van der Waals surface area contributed by atoms with Crippen LogP contribution in [0.15, 0.2) is 48.7 Å². The maximum atomic E-state index is 13.4. The number of aromatic nitrogens is 1. The van der Waals surface area contributed by atoms with Gasteiger partial charge in [0, 0.05) is 35.9 Å². The maximum absolute atomic E-state index is 13.4. The van der Waals surface area contributed by atoms with Gasteiger partial charge in [-0.15, -0.1) is 0 Å². The van der Waals surface area contributed by atoms with Crippen LogP contribution in [-0.4, -0.2) is 55.5 Å². The second-order valence-electron chi connectivity index (χ2n) is 7.49. The van der Waals surface area contributed by atoms with Crippen molar-refractivity contribution in [2.24, 2.45) is 0 Å². The first kappa shape index (κ1) is 22.3. The van der Waals surface area contributed by atoms with Gasteiger partial charge < -0.3 is 25.3 Å². The number of hydrogen-bond acceptors (Lipinski definition) is 4. The second kappa shape index (κ2) is 10.6. The molecule has 0 radical (unpaired) electrons. The van der Waals surface area contributed by atoms with Gasteiger partial charge in [-0.2, -0.15) is 0 Å². The number of amides is 2. The van der Waals surface area contributed by atoms with Crippen molar-refractivity contribution in [2.75, 3.05) is 39.1 Å². The quantitative estimate of drug-likeness (QED) is 0.363.